The van der Waals surface area contributed by atoms with Crippen LogP contribution in [0, 0.1) is 0 Å². The minimum absolute atomic E-state index is 0.114. The summed E-state index contributed by atoms with van der Waals surface area (Å²) in [6, 6.07) is 3.80. The van der Waals surface area contributed by atoms with Gasteiger partial charge in [-0.05, 0) is 18.6 Å². The van der Waals surface area contributed by atoms with Gasteiger partial charge in [0.05, 0.1) is 12.7 Å². The zero-order valence-electron chi connectivity index (χ0n) is 14.2. The van der Waals surface area contributed by atoms with Gasteiger partial charge in [-0.1, -0.05) is 6.07 Å². The molecule has 3 aromatic heterocycles. The molecule has 4 rings (SSSR count). The van der Waals surface area contributed by atoms with Crippen molar-refractivity contribution in [1.29, 1.82) is 0 Å². The van der Waals surface area contributed by atoms with Crippen LogP contribution in [0.5, 0.6) is 0 Å². The lowest BCUT2D eigenvalue weighted by molar-refractivity contribution is 0.569. The van der Waals surface area contributed by atoms with E-state index in [2.05, 4.69) is 25.3 Å². The van der Waals surface area contributed by atoms with E-state index in [1.807, 2.05) is 23.6 Å². The molecule has 0 unspecified atom stereocenters. The predicted octanol–water partition coefficient (Wildman–Crippen LogP) is 0.466. The molecule has 25 heavy (non-hydrogen) atoms. The molecular weight excluding hydrogens is 318 g/mol. The molecule has 1 N–H and O–H groups in total. The highest BCUT2D eigenvalue weighted by molar-refractivity contribution is 5.77. The minimum Gasteiger partial charge on any atom is -0.340 e. The van der Waals surface area contributed by atoms with E-state index in [-0.39, 0.29) is 5.56 Å². The number of anilines is 1. The average Bonchev–Trinajstić information content (AvgIpc) is 3.05. The fourth-order valence-corrected chi connectivity index (χ4v) is 3.26. The van der Waals surface area contributed by atoms with Crippen molar-refractivity contribution in [2.45, 2.75) is 20.0 Å². The lowest BCUT2D eigenvalue weighted by Gasteiger charge is -2.28. The number of hydrogen-bond acceptors (Lipinski definition) is 6. The molecule has 0 radical (unpaired) electrons. The van der Waals surface area contributed by atoms with Gasteiger partial charge in [0.15, 0.2) is 0 Å². The quantitative estimate of drug-likeness (QED) is 0.744. The van der Waals surface area contributed by atoms with Gasteiger partial charge in [0.1, 0.15) is 11.0 Å². The van der Waals surface area contributed by atoms with E-state index in [0.29, 0.717) is 24.1 Å². The third-order valence-electron chi connectivity index (χ3n) is 4.50. The molecule has 0 aliphatic carbocycles. The zero-order valence-corrected chi connectivity index (χ0v) is 14.2. The van der Waals surface area contributed by atoms with Crippen LogP contribution in [0.2, 0.25) is 0 Å². The van der Waals surface area contributed by atoms with E-state index in [1.54, 1.807) is 18.6 Å². The summed E-state index contributed by atoms with van der Waals surface area (Å²) in [5.41, 5.74) is 2.11. The van der Waals surface area contributed by atoms with Gasteiger partial charge >= 0.3 is 0 Å². The Balaban J connectivity index is 1.79. The van der Waals surface area contributed by atoms with Gasteiger partial charge in [-0.15, -0.1) is 0 Å². The Morgan fingerprint density at radius 1 is 1.24 bits per heavy atom. The van der Waals surface area contributed by atoms with E-state index >= 15 is 0 Å². The second-order valence-electron chi connectivity index (χ2n) is 6.10. The van der Waals surface area contributed by atoms with Crippen LogP contribution in [-0.4, -0.2) is 50.5 Å². The van der Waals surface area contributed by atoms with Crippen molar-refractivity contribution in [2.75, 3.05) is 31.1 Å². The smallest absolute Gasteiger partial charge is 0.293 e. The van der Waals surface area contributed by atoms with E-state index in [4.69, 9.17) is 0 Å². The predicted molar refractivity (Wildman–Crippen MR) is 95.9 cm³/mol. The summed E-state index contributed by atoms with van der Waals surface area (Å²) in [5, 5.41) is 7.65. The Morgan fingerprint density at radius 3 is 2.80 bits per heavy atom. The van der Waals surface area contributed by atoms with Crippen LogP contribution >= 0.6 is 0 Å². The highest BCUT2D eigenvalue weighted by Gasteiger charge is 2.21. The van der Waals surface area contributed by atoms with Gasteiger partial charge < -0.3 is 14.8 Å². The van der Waals surface area contributed by atoms with Crippen LogP contribution in [-0.2, 0) is 13.1 Å². The summed E-state index contributed by atoms with van der Waals surface area (Å²) < 4.78 is 3.49. The first-order valence-electron chi connectivity index (χ1n) is 8.59. The molecule has 0 amide bonds. The van der Waals surface area contributed by atoms with Crippen LogP contribution in [0.1, 0.15) is 12.5 Å². The Kier molecular flexibility index (Phi) is 4.19. The number of aromatic nitrogens is 5. The topological polar surface area (TPSA) is 80.9 Å². The molecule has 0 aromatic carbocycles. The van der Waals surface area contributed by atoms with Crippen LogP contribution in [0.15, 0.2) is 35.5 Å². The summed E-state index contributed by atoms with van der Waals surface area (Å²) in [6.07, 6.45) is 5.15. The molecule has 1 aliphatic rings. The van der Waals surface area contributed by atoms with E-state index in [1.165, 1.54) is 4.68 Å². The van der Waals surface area contributed by atoms with Gasteiger partial charge in [-0.25, -0.2) is 9.67 Å². The van der Waals surface area contributed by atoms with Gasteiger partial charge in [0.25, 0.3) is 5.56 Å². The second-order valence-corrected chi connectivity index (χ2v) is 6.10. The van der Waals surface area contributed by atoms with Crippen molar-refractivity contribution in [1.82, 2.24) is 29.6 Å². The van der Waals surface area contributed by atoms with Crippen molar-refractivity contribution in [2.24, 2.45) is 0 Å². The molecule has 0 bridgehead atoms. The molecule has 3 aromatic rings. The van der Waals surface area contributed by atoms with Crippen molar-refractivity contribution >= 4 is 17.0 Å². The van der Waals surface area contributed by atoms with Crippen molar-refractivity contribution < 1.29 is 0 Å². The molecule has 0 saturated carbocycles. The first-order valence-corrected chi connectivity index (χ1v) is 8.59. The number of rotatable bonds is 4. The SMILES string of the molecule is CCn1c(N2CCNCC2)nc2cnn(Cc3cccnc3)c(=O)c21. The largest absolute Gasteiger partial charge is 0.340 e. The van der Waals surface area contributed by atoms with E-state index in [0.717, 1.165) is 37.7 Å². The molecule has 1 saturated heterocycles. The first-order chi connectivity index (χ1) is 12.3. The third kappa shape index (κ3) is 2.89. The maximum Gasteiger partial charge on any atom is 0.293 e. The number of pyridine rings is 1. The number of piperazine rings is 1. The number of nitrogens with one attached hydrogen (secondary N) is 1. The number of imidazole rings is 1. The van der Waals surface area contributed by atoms with Crippen molar-refractivity contribution in [3.05, 3.63) is 46.6 Å². The van der Waals surface area contributed by atoms with Crippen LogP contribution in [0.3, 0.4) is 0 Å². The summed E-state index contributed by atoms with van der Waals surface area (Å²) in [7, 11) is 0. The maximum absolute atomic E-state index is 13.0. The van der Waals surface area contributed by atoms with Crippen LogP contribution < -0.4 is 15.8 Å². The summed E-state index contributed by atoms with van der Waals surface area (Å²) in [5.74, 6) is 0.858. The number of hydrogen-bond donors (Lipinski definition) is 1. The molecule has 4 heterocycles. The van der Waals surface area contributed by atoms with Crippen LogP contribution in [0.4, 0.5) is 5.95 Å². The Hall–Kier alpha value is -2.74. The van der Waals surface area contributed by atoms with Gasteiger partial charge in [0, 0.05) is 45.1 Å². The summed E-state index contributed by atoms with van der Waals surface area (Å²) in [4.78, 5) is 24.0. The molecule has 0 spiro atoms. The van der Waals surface area contributed by atoms with Gasteiger partial charge in [-0.2, -0.15) is 5.10 Å². The molecule has 8 nitrogen and oxygen atoms in total. The monoisotopic (exact) mass is 339 g/mol. The number of nitrogens with zero attached hydrogens (tertiary/aromatic N) is 6. The fraction of sp³-hybridized carbons (Fsp3) is 0.412. The second kappa shape index (κ2) is 6.64. The van der Waals surface area contributed by atoms with Gasteiger partial charge in [-0.3, -0.25) is 9.78 Å². The van der Waals surface area contributed by atoms with E-state index in [9.17, 15) is 4.79 Å². The molecule has 1 aliphatic heterocycles. The standard InChI is InChI=1S/C17H21N7O/c1-2-23-15-14(21-17(23)22-8-6-18-7-9-22)11-20-24(16(15)25)12-13-4-3-5-19-10-13/h3-5,10-11,18H,2,6-9,12H2,1H3. The average molecular weight is 339 g/mol. The minimum atomic E-state index is -0.114. The van der Waals surface area contributed by atoms with Crippen LogP contribution in [0.25, 0.3) is 11.0 Å². The normalized spacial score (nSPS) is 15.0. The Labute approximate surface area is 145 Å². The molecular formula is C17H21N7O. The van der Waals surface area contributed by atoms with Gasteiger partial charge in [0.2, 0.25) is 5.95 Å². The third-order valence-corrected chi connectivity index (χ3v) is 4.50. The Morgan fingerprint density at radius 2 is 2.08 bits per heavy atom. The molecule has 8 heteroatoms. The Bertz CT molecular complexity index is 925. The molecule has 130 valence electrons. The zero-order chi connectivity index (χ0) is 17.2. The first kappa shape index (κ1) is 15.8. The fourth-order valence-electron chi connectivity index (χ4n) is 3.26. The highest BCUT2D eigenvalue weighted by Crippen LogP contribution is 2.20. The highest BCUT2D eigenvalue weighted by atomic mass is 16.1. The molecule has 0 atom stereocenters. The molecule has 1 fully saturated rings. The summed E-state index contributed by atoms with van der Waals surface area (Å²) in [6.45, 7) is 6.77. The lowest BCUT2D eigenvalue weighted by Crippen LogP contribution is -2.44. The van der Waals surface area contributed by atoms with Crippen molar-refractivity contribution in [3.8, 4) is 0 Å². The number of aryl methyl sites for hydroxylation is 1. The van der Waals surface area contributed by atoms with Crippen molar-refractivity contribution in [3.63, 3.8) is 0 Å². The maximum atomic E-state index is 13.0. The summed E-state index contributed by atoms with van der Waals surface area (Å²) >= 11 is 0. The number of fused-ring (bicyclic) bond motifs is 1. The lowest BCUT2D eigenvalue weighted by atomic mass is 10.3. The van der Waals surface area contributed by atoms with E-state index < -0.39 is 0 Å².